The lowest BCUT2D eigenvalue weighted by Crippen LogP contribution is -2.51. The van der Waals surface area contributed by atoms with E-state index in [9.17, 15) is 4.79 Å². The van der Waals surface area contributed by atoms with E-state index in [4.69, 9.17) is 0 Å². The first-order valence-electron chi connectivity index (χ1n) is 12.0. The van der Waals surface area contributed by atoms with Gasteiger partial charge in [-0.25, -0.2) is 0 Å². The maximum atomic E-state index is 12.0. The van der Waals surface area contributed by atoms with Crippen LogP contribution in [0.5, 0.6) is 0 Å². The van der Waals surface area contributed by atoms with Gasteiger partial charge in [0.25, 0.3) is 0 Å². The van der Waals surface area contributed by atoms with Gasteiger partial charge in [0, 0.05) is 6.42 Å². The van der Waals surface area contributed by atoms with Crippen molar-refractivity contribution in [3.05, 3.63) is 11.6 Å². The summed E-state index contributed by atoms with van der Waals surface area (Å²) in [5.74, 6) is 5.77. The summed E-state index contributed by atoms with van der Waals surface area (Å²) in [5.41, 5.74) is 2.43. The van der Waals surface area contributed by atoms with Crippen LogP contribution in [0.2, 0.25) is 0 Å². The number of allylic oxidation sites excluding steroid dienone is 1. The summed E-state index contributed by atoms with van der Waals surface area (Å²) < 4.78 is 0. The van der Waals surface area contributed by atoms with Gasteiger partial charge in [-0.2, -0.15) is 0 Å². The molecule has 0 aliphatic heterocycles. The molecule has 4 aliphatic rings. The van der Waals surface area contributed by atoms with E-state index in [2.05, 4.69) is 40.7 Å². The van der Waals surface area contributed by atoms with Gasteiger partial charge in [0.2, 0.25) is 0 Å². The molecule has 0 aromatic carbocycles. The molecule has 4 rings (SSSR count). The Balaban J connectivity index is 1.54. The minimum atomic E-state index is 0.333. The molecule has 0 aromatic heterocycles. The molecule has 152 valence electrons. The molecule has 0 radical (unpaired) electrons. The van der Waals surface area contributed by atoms with Crippen LogP contribution < -0.4 is 0 Å². The van der Waals surface area contributed by atoms with Gasteiger partial charge >= 0.3 is 0 Å². The second-order valence-electron chi connectivity index (χ2n) is 11.6. The summed E-state index contributed by atoms with van der Waals surface area (Å²) in [5, 5.41) is 0. The number of rotatable bonds is 4. The number of carbonyl (C=O) groups is 1. The summed E-state index contributed by atoms with van der Waals surface area (Å²) in [7, 11) is 0. The fraction of sp³-hybridized carbons (Fsp3) is 0.885. The van der Waals surface area contributed by atoms with Gasteiger partial charge < -0.3 is 0 Å². The van der Waals surface area contributed by atoms with Gasteiger partial charge in [0.1, 0.15) is 0 Å². The highest BCUT2D eigenvalue weighted by Crippen LogP contribution is 2.67. The van der Waals surface area contributed by atoms with Crippen LogP contribution in [0.15, 0.2) is 11.6 Å². The van der Waals surface area contributed by atoms with Crippen molar-refractivity contribution in [1.29, 1.82) is 0 Å². The monoisotopic (exact) mass is 370 g/mol. The first-order chi connectivity index (χ1) is 12.8. The van der Waals surface area contributed by atoms with E-state index in [1.807, 2.05) is 0 Å². The topological polar surface area (TPSA) is 17.1 Å². The van der Waals surface area contributed by atoms with Crippen molar-refractivity contribution in [2.45, 2.75) is 98.8 Å². The first-order valence-corrected chi connectivity index (χ1v) is 12.0. The zero-order valence-electron chi connectivity index (χ0n) is 18.5. The minimum Gasteiger partial charge on any atom is -0.295 e. The molecule has 3 saturated carbocycles. The summed E-state index contributed by atoms with van der Waals surface area (Å²) in [6.07, 6.45) is 15.1. The Hall–Kier alpha value is -0.590. The molecular weight excluding hydrogens is 328 g/mol. The summed E-state index contributed by atoms with van der Waals surface area (Å²) >= 11 is 0. The van der Waals surface area contributed by atoms with E-state index >= 15 is 0 Å². The van der Waals surface area contributed by atoms with E-state index in [1.165, 1.54) is 56.9 Å². The lowest BCUT2D eigenvalue weighted by Gasteiger charge is -2.58. The number of hydrogen-bond acceptors (Lipinski definition) is 1. The van der Waals surface area contributed by atoms with Crippen molar-refractivity contribution in [2.75, 3.05) is 0 Å². The maximum absolute atomic E-state index is 12.0. The Kier molecular flexibility index (Phi) is 5.13. The third-order valence-corrected chi connectivity index (χ3v) is 9.92. The molecule has 0 saturated heterocycles. The highest BCUT2D eigenvalue weighted by molar-refractivity contribution is 5.91. The van der Waals surface area contributed by atoms with Crippen LogP contribution in [-0.4, -0.2) is 5.78 Å². The van der Waals surface area contributed by atoms with Gasteiger partial charge in [0.05, 0.1) is 0 Å². The standard InChI is InChI=1S/C26H42O/c1-17(2)6-7-18(3)22-10-11-23-21-9-8-19-16-20(27)12-14-25(19,4)24(21)13-15-26(22,23)5/h16-18,21-24H,6-15H2,1-5H3/t18-,21?,22-,23+,24+,25+,26-/m1/s1. The Bertz CT molecular complexity index is 616. The molecule has 4 aliphatic carbocycles. The van der Waals surface area contributed by atoms with Crippen molar-refractivity contribution in [1.82, 2.24) is 0 Å². The van der Waals surface area contributed by atoms with Crippen molar-refractivity contribution in [3.8, 4) is 0 Å². The van der Waals surface area contributed by atoms with E-state index in [0.717, 1.165) is 48.3 Å². The highest BCUT2D eigenvalue weighted by Gasteiger charge is 2.59. The first kappa shape index (κ1) is 19.7. The van der Waals surface area contributed by atoms with Gasteiger partial charge in [0.15, 0.2) is 5.78 Å². The second kappa shape index (κ2) is 7.03. The van der Waals surface area contributed by atoms with Crippen molar-refractivity contribution < 1.29 is 4.79 Å². The molecule has 0 N–H and O–H groups in total. The quantitative estimate of drug-likeness (QED) is 0.511. The van der Waals surface area contributed by atoms with Crippen molar-refractivity contribution in [2.24, 2.45) is 46.3 Å². The average molecular weight is 371 g/mol. The lowest BCUT2D eigenvalue weighted by atomic mass is 9.46. The molecule has 1 unspecified atom stereocenters. The largest absolute Gasteiger partial charge is 0.295 e. The van der Waals surface area contributed by atoms with Gasteiger partial charge in [-0.1, -0.05) is 53.0 Å². The highest BCUT2D eigenvalue weighted by atomic mass is 16.1. The molecule has 0 bridgehead atoms. The second-order valence-corrected chi connectivity index (χ2v) is 11.6. The zero-order valence-corrected chi connectivity index (χ0v) is 18.5. The van der Waals surface area contributed by atoms with Crippen LogP contribution in [0.4, 0.5) is 0 Å². The average Bonchev–Trinajstić information content (AvgIpc) is 2.97. The Morgan fingerprint density at radius 2 is 1.74 bits per heavy atom. The van der Waals surface area contributed by atoms with E-state index in [0.29, 0.717) is 16.6 Å². The summed E-state index contributed by atoms with van der Waals surface area (Å²) in [4.78, 5) is 12.0. The number of carbonyl (C=O) groups excluding carboxylic acids is 1. The van der Waals surface area contributed by atoms with Crippen LogP contribution in [0.25, 0.3) is 0 Å². The molecule has 0 heterocycles. The van der Waals surface area contributed by atoms with Crippen LogP contribution in [-0.2, 0) is 4.79 Å². The predicted molar refractivity (Wildman–Crippen MR) is 113 cm³/mol. The third-order valence-electron chi connectivity index (χ3n) is 9.92. The molecule has 0 amide bonds. The molecular formula is C26H42O. The minimum absolute atomic E-state index is 0.333. The Morgan fingerprint density at radius 3 is 2.48 bits per heavy atom. The normalized spacial score (nSPS) is 45.1. The van der Waals surface area contributed by atoms with E-state index < -0.39 is 0 Å². The fourth-order valence-corrected chi connectivity index (χ4v) is 8.33. The molecule has 1 heteroatoms. The SMILES string of the molecule is CC(C)CC[C@@H](C)[C@H]1CC[C@H]2C3CCC4=CC(=O)CC[C@]4(C)[C@H]3CC[C@]12C. The number of ketones is 1. The number of hydrogen-bond donors (Lipinski definition) is 0. The molecule has 0 aromatic rings. The molecule has 7 atom stereocenters. The van der Waals surface area contributed by atoms with Crippen LogP contribution in [0.3, 0.4) is 0 Å². The summed E-state index contributed by atoms with van der Waals surface area (Å²) in [6, 6.07) is 0. The molecule has 1 nitrogen and oxygen atoms in total. The molecule has 27 heavy (non-hydrogen) atoms. The van der Waals surface area contributed by atoms with Gasteiger partial charge in [-0.05, 0) is 97.4 Å². The summed E-state index contributed by atoms with van der Waals surface area (Å²) in [6.45, 7) is 12.5. The number of fused-ring (bicyclic) bond motifs is 5. The van der Waals surface area contributed by atoms with Crippen LogP contribution in [0.1, 0.15) is 98.8 Å². The van der Waals surface area contributed by atoms with E-state index in [1.54, 1.807) is 0 Å². The predicted octanol–water partition coefficient (Wildman–Crippen LogP) is 7.21. The lowest BCUT2D eigenvalue weighted by molar-refractivity contribution is -0.117. The zero-order chi connectivity index (χ0) is 19.4. The molecule has 0 spiro atoms. The van der Waals surface area contributed by atoms with Crippen LogP contribution in [0, 0.1) is 46.3 Å². The molecule has 3 fully saturated rings. The van der Waals surface area contributed by atoms with Crippen molar-refractivity contribution in [3.63, 3.8) is 0 Å². The Morgan fingerprint density at radius 1 is 0.963 bits per heavy atom. The van der Waals surface area contributed by atoms with Crippen LogP contribution >= 0.6 is 0 Å². The fourth-order valence-electron chi connectivity index (χ4n) is 8.33. The Labute approximate surface area is 167 Å². The van der Waals surface area contributed by atoms with Gasteiger partial charge in [-0.15, -0.1) is 0 Å². The third kappa shape index (κ3) is 3.16. The smallest absolute Gasteiger partial charge is 0.155 e. The van der Waals surface area contributed by atoms with Crippen molar-refractivity contribution >= 4 is 5.78 Å². The maximum Gasteiger partial charge on any atom is 0.155 e. The van der Waals surface area contributed by atoms with E-state index in [-0.39, 0.29) is 0 Å². The van der Waals surface area contributed by atoms with Gasteiger partial charge in [-0.3, -0.25) is 4.79 Å².